The van der Waals surface area contributed by atoms with E-state index in [9.17, 15) is 51.0 Å². The number of alkyl halides is 3. The molecule has 9 aromatic rings. The van der Waals surface area contributed by atoms with Gasteiger partial charge in [0.15, 0.2) is 5.78 Å². The number of unbranched alkanes of at least 4 members (excludes halogenated alkanes) is 3. The highest BCUT2D eigenvalue weighted by Gasteiger charge is 2.48. The van der Waals surface area contributed by atoms with Gasteiger partial charge in [0, 0.05) is 81.2 Å². The van der Waals surface area contributed by atoms with Gasteiger partial charge in [0.1, 0.15) is 17.2 Å². The van der Waals surface area contributed by atoms with Crippen LogP contribution in [0.15, 0.2) is 206 Å². The zero-order valence-corrected chi connectivity index (χ0v) is 57.9. The van der Waals surface area contributed by atoms with Crippen LogP contribution in [0.25, 0.3) is 33.4 Å². The largest absolute Gasteiger partial charge is 0.534 e. The van der Waals surface area contributed by atoms with Crippen LogP contribution in [-0.2, 0) is 49.0 Å². The monoisotopic (exact) mass is 1400 g/mol. The van der Waals surface area contributed by atoms with Gasteiger partial charge in [-0.25, -0.2) is 0 Å². The lowest BCUT2D eigenvalue weighted by atomic mass is 9.99. The maximum Gasteiger partial charge on any atom is 0.534 e. The molecule has 102 heavy (non-hydrogen) atoms. The Balaban J connectivity index is 0.000000165. The van der Waals surface area contributed by atoms with Gasteiger partial charge in [-0.1, -0.05) is 121 Å². The maximum absolute atomic E-state index is 12.6. The number of ketones is 1. The van der Waals surface area contributed by atoms with Crippen molar-refractivity contribution in [3.05, 3.63) is 267 Å². The molecule has 0 saturated heterocycles. The van der Waals surface area contributed by atoms with Crippen molar-refractivity contribution in [1.29, 1.82) is 5.26 Å². The Labute approximate surface area is 594 Å². The van der Waals surface area contributed by atoms with Crippen LogP contribution < -0.4 is 20.1 Å². The van der Waals surface area contributed by atoms with E-state index < -0.39 is 15.6 Å². The first-order valence-electron chi connectivity index (χ1n) is 34.5. The molecule has 3 aliphatic rings. The fourth-order valence-corrected chi connectivity index (χ4v) is 13.0. The molecule has 0 aromatic heterocycles. The molecular formula is C82H84F3N7O9S. The molecule has 3 aliphatic heterocycles. The van der Waals surface area contributed by atoms with Gasteiger partial charge in [-0.05, 0) is 236 Å². The number of hydrogen-bond acceptors (Lipinski definition) is 13. The Morgan fingerprint density at radius 1 is 0.441 bits per heavy atom. The van der Waals surface area contributed by atoms with E-state index in [1.54, 1.807) is 49.4 Å². The third-order valence-corrected chi connectivity index (χ3v) is 19.4. The standard InChI is InChI=1S/C28H30N2O3.C27H27F3N2O4S.C27H27N3O2/c1-20(31)21-4-6-22(7-5-21)23-8-10-25(11-9-23)28(33)29-15-2-3-16-30-17-14-24-12-13-27(32)18-26(24)19-30;28-27(29,30)37(34,35)36-25-13-12-22-14-17-32(19-24(22)18-25)16-5-4-15-31-26(33)23-10-8-21(9-11-23)20-6-2-1-3-7-20;28-18-20-3-5-21(6-4-20)22-7-9-24(10-8-22)27(32)29-14-1-2-15-30-16-13-23-11-12-26(31)17-25(23)19-30/h4-13,18,32H,2-3,14-17,19H2,1H3,(H,29,33);1-3,6-13,18H,4-5,14-17,19H2,(H,31,33);3-12,17,31H,1-2,13-16,19H2,(H,29,32). The van der Waals surface area contributed by atoms with Crippen molar-refractivity contribution in [2.45, 2.75) is 89.9 Å². The Morgan fingerprint density at radius 2 is 0.775 bits per heavy atom. The summed E-state index contributed by atoms with van der Waals surface area (Å²) in [5.74, 6) is 0.116. The van der Waals surface area contributed by atoms with Crippen molar-refractivity contribution in [3.8, 4) is 56.7 Å². The number of amides is 3. The summed E-state index contributed by atoms with van der Waals surface area (Å²) in [4.78, 5) is 55.7. The van der Waals surface area contributed by atoms with Crippen LogP contribution in [0.4, 0.5) is 13.2 Å². The predicted octanol–water partition coefficient (Wildman–Crippen LogP) is 14.5. The molecule has 0 unspecified atom stereocenters. The van der Waals surface area contributed by atoms with E-state index >= 15 is 0 Å². The zero-order chi connectivity index (χ0) is 72.0. The fourth-order valence-electron chi connectivity index (χ4n) is 12.6. The number of rotatable bonds is 24. The predicted molar refractivity (Wildman–Crippen MR) is 390 cm³/mol. The normalized spacial score (nSPS) is 13.6. The number of hydrogen-bond donors (Lipinski definition) is 5. The molecule has 0 aliphatic carbocycles. The summed E-state index contributed by atoms with van der Waals surface area (Å²) in [7, 11) is -5.70. The molecule has 0 radical (unpaired) electrons. The SMILES string of the molecule is CC(=O)c1ccc(-c2ccc(C(=O)NCCCCN3CCc4ccc(O)cc4C3)cc2)cc1.N#Cc1ccc(-c2ccc(C(=O)NCCCCN3CCc4ccc(O)cc4C3)cc2)cc1.O=C(NCCCCN1CCc2ccc(OS(=O)(=O)C(F)(F)F)cc2C1)c1ccc(-c2ccccc2)cc1. The molecule has 5 N–H and O–H groups in total. The summed E-state index contributed by atoms with van der Waals surface area (Å²) < 4.78 is 64.6. The molecule has 20 heteroatoms. The zero-order valence-electron chi connectivity index (χ0n) is 57.1. The summed E-state index contributed by atoms with van der Waals surface area (Å²) in [5.41, 5.74) is 10.7. The van der Waals surface area contributed by atoms with Crippen LogP contribution in [-0.4, -0.2) is 121 Å². The van der Waals surface area contributed by atoms with E-state index in [0.717, 1.165) is 148 Å². The Hall–Kier alpha value is -10.4. The number of Topliss-reactive ketones (excluding diaryl/α,β-unsaturated/α-hetero) is 1. The van der Waals surface area contributed by atoms with Crippen molar-refractivity contribution < 1.29 is 55.2 Å². The number of benzene rings is 9. The van der Waals surface area contributed by atoms with E-state index in [1.807, 2.05) is 152 Å². The summed E-state index contributed by atoms with van der Waals surface area (Å²) in [6.07, 6.45) is 8.22. The lowest BCUT2D eigenvalue weighted by Gasteiger charge is -2.29. The van der Waals surface area contributed by atoms with Gasteiger partial charge in [-0.2, -0.15) is 26.9 Å². The van der Waals surface area contributed by atoms with Crippen LogP contribution in [0.2, 0.25) is 0 Å². The number of nitrogens with one attached hydrogen (secondary N) is 3. The molecular weight excluding hydrogens is 1320 g/mol. The van der Waals surface area contributed by atoms with Gasteiger partial charge in [0.2, 0.25) is 0 Å². The van der Waals surface area contributed by atoms with E-state index in [-0.39, 0.29) is 29.3 Å². The molecule has 16 nitrogen and oxygen atoms in total. The van der Waals surface area contributed by atoms with Crippen molar-refractivity contribution in [3.63, 3.8) is 0 Å². The van der Waals surface area contributed by atoms with Crippen molar-refractivity contribution >= 4 is 33.6 Å². The van der Waals surface area contributed by atoms with Crippen molar-refractivity contribution in [1.82, 2.24) is 30.7 Å². The molecule has 9 aromatic carbocycles. The number of nitriles is 1. The first-order chi connectivity index (χ1) is 49.2. The average Bonchev–Trinajstić information content (AvgIpc) is 0.799. The molecule has 0 bridgehead atoms. The molecule has 0 spiro atoms. The minimum Gasteiger partial charge on any atom is -0.508 e. The van der Waals surface area contributed by atoms with Crippen LogP contribution in [0.5, 0.6) is 17.2 Å². The van der Waals surface area contributed by atoms with Gasteiger partial charge in [-0.15, -0.1) is 0 Å². The molecule has 12 rings (SSSR count). The van der Waals surface area contributed by atoms with Gasteiger partial charge in [-0.3, -0.25) is 33.9 Å². The molecule has 0 fully saturated rings. The molecule has 0 saturated carbocycles. The second kappa shape index (κ2) is 35.7. The van der Waals surface area contributed by atoms with Crippen LogP contribution in [0.1, 0.15) is 126 Å². The number of halogens is 3. The first-order valence-corrected chi connectivity index (χ1v) is 35.9. The average molecular weight is 1400 g/mol. The number of carbonyl (C=O) groups is 4. The van der Waals surface area contributed by atoms with Gasteiger partial charge in [0.05, 0.1) is 11.6 Å². The highest BCUT2D eigenvalue weighted by Crippen LogP contribution is 2.32. The molecule has 0 atom stereocenters. The summed E-state index contributed by atoms with van der Waals surface area (Å²) in [5, 5.41) is 37.2. The molecule has 528 valence electrons. The van der Waals surface area contributed by atoms with Gasteiger partial charge >= 0.3 is 15.6 Å². The van der Waals surface area contributed by atoms with E-state index in [2.05, 4.69) is 40.9 Å². The van der Waals surface area contributed by atoms with Crippen LogP contribution in [0, 0.1) is 11.3 Å². The van der Waals surface area contributed by atoms with Crippen molar-refractivity contribution in [2.24, 2.45) is 0 Å². The Morgan fingerprint density at radius 3 is 1.13 bits per heavy atom. The Bertz CT molecular complexity index is 4480. The topological polar surface area (TPSA) is 222 Å². The second-order valence-electron chi connectivity index (χ2n) is 25.7. The van der Waals surface area contributed by atoms with Crippen LogP contribution in [0.3, 0.4) is 0 Å². The lowest BCUT2D eigenvalue weighted by Crippen LogP contribution is -2.32. The number of nitrogens with zero attached hydrogens (tertiary/aromatic N) is 4. The van der Waals surface area contributed by atoms with E-state index in [4.69, 9.17) is 5.26 Å². The Kier molecular flexibility index (Phi) is 26.0. The minimum atomic E-state index is -5.70. The smallest absolute Gasteiger partial charge is 0.508 e. The van der Waals surface area contributed by atoms with Crippen molar-refractivity contribution in [2.75, 3.05) is 58.9 Å². The first kappa shape index (κ1) is 74.3. The maximum atomic E-state index is 12.6. The minimum absolute atomic E-state index is 0.0510. The number of carbonyl (C=O) groups excluding carboxylic acids is 4. The van der Waals surface area contributed by atoms with E-state index in [1.165, 1.54) is 34.4 Å². The molecule has 3 amide bonds. The highest BCUT2D eigenvalue weighted by molar-refractivity contribution is 7.88. The number of fused-ring (bicyclic) bond motifs is 3. The summed E-state index contributed by atoms with van der Waals surface area (Å²) in [6, 6.07) is 65.0. The van der Waals surface area contributed by atoms with Gasteiger partial charge < -0.3 is 30.3 Å². The van der Waals surface area contributed by atoms with Crippen LogP contribution >= 0.6 is 0 Å². The third kappa shape index (κ3) is 21.3. The highest BCUT2D eigenvalue weighted by atomic mass is 32.2. The number of aromatic hydroxyl groups is 2. The third-order valence-electron chi connectivity index (χ3n) is 18.4. The fraction of sp³-hybridized carbons (Fsp3) is 0.280. The molecule has 3 heterocycles. The summed E-state index contributed by atoms with van der Waals surface area (Å²) in [6.45, 7) is 11.2. The number of phenols is 2. The van der Waals surface area contributed by atoms with Gasteiger partial charge in [0.25, 0.3) is 17.7 Å². The summed E-state index contributed by atoms with van der Waals surface area (Å²) >= 11 is 0. The number of phenolic OH excluding ortho intramolecular Hbond substituents is 2. The second-order valence-corrected chi connectivity index (χ2v) is 27.2. The van der Waals surface area contributed by atoms with E-state index in [0.29, 0.717) is 71.9 Å². The quantitative estimate of drug-likeness (QED) is 0.0165. The lowest BCUT2D eigenvalue weighted by molar-refractivity contribution is -0.0500.